The van der Waals surface area contributed by atoms with Gasteiger partial charge in [0.05, 0.1) is 6.20 Å². The largest absolute Gasteiger partial charge is 0.506 e. The van der Waals surface area contributed by atoms with Crippen LogP contribution in [0.25, 0.3) is 11.4 Å². The van der Waals surface area contributed by atoms with Gasteiger partial charge in [-0.3, -0.25) is 4.98 Å². The lowest BCUT2D eigenvalue weighted by Gasteiger charge is -1.96. The minimum Gasteiger partial charge on any atom is -0.506 e. The number of pyridine rings is 1. The van der Waals surface area contributed by atoms with Gasteiger partial charge in [0.2, 0.25) is 0 Å². The standard InChI is InChI=1S/C8H8N4O/c1-12-10-5-6(11-12)8-7(13)3-2-4-9-8/h2-5,13H,1H3. The Balaban J connectivity index is 2.52. The van der Waals surface area contributed by atoms with Crippen LogP contribution in [0.4, 0.5) is 0 Å². The van der Waals surface area contributed by atoms with Gasteiger partial charge in [0, 0.05) is 13.2 Å². The van der Waals surface area contributed by atoms with Crippen molar-refractivity contribution < 1.29 is 5.11 Å². The fourth-order valence-corrected chi connectivity index (χ4v) is 1.05. The Morgan fingerprint density at radius 1 is 1.46 bits per heavy atom. The molecular weight excluding hydrogens is 168 g/mol. The van der Waals surface area contributed by atoms with Crippen LogP contribution in [0.3, 0.4) is 0 Å². The maximum Gasteiger partial charge on any atom is 0.143 e. The zero-order valence-corrected chi connectivity index (χ0v) is 7.05. The van der Waals surface area contributed by atoms with E-state index in [0.717, 1.165) is 0 Å². The molecule has 2 aromatic heterocycles. The highest BCUT2D eigenvalue weighted by molar-refractivity contribution is 5.60. The molecule has 0 unspecified atom stereocenters. The number of nitrogens with zero attached hydrogens (tertiary/aromatic N) is 4. The first kappa shape index (κ1) is 7.72. The van der Waals surface area contributed by atoms with E-state index in [2.05, 4.69) is 15.2 Å². The summed E-state index contributed by atoms with van der Waals surface area (Å²) in [5, 5.41) is 17.3. The number of hydrogen-bond acceptors (Lipinski definition) is 4. The van der Waals surface area contributed by atoms with Gasteiger partial charge in [0.15, 0.2) is 0 Å². The van der Waals surface area contributed by atoms with E-state index in [1.165, 1.54) is 4.80 Å². The molecule has 5 heteroatoms. The van der Waals surface area contributed by atoms with E-state index >= 15 is 0 Å². The van der Waals surface area contributed by atoms with Crippen LogP contribution in [0, 0.1) is 0 Å². The molecule has 5 nitrogen and oxygen atoms in total. The molecule has 0 fully saturated rings. The van der Waals surface area contributed by atoms with E-state index in [0.29, 0.717) is 11.4 Å². The number of aryl methyl sites for hydroxylation is 1. The molecule has 1 N–H and O–H groups in total. The quantitative estimate of drug-likeness (QED) is 0.690. The van der Waals surface area contributed by atoms with Gasteiger partial charge >= 0.3 is 0 Å². The van der Waals surface area contributed by atoms with Crippen molar-refractivity contribution >= 4 is 0 Å². The Hall–Kier alpha value is -1.91. The summed E-state index contributed by atoms with van der Waals surface area (Å²) in [4.78, 5) is 5.42. The van der Waals surface area contributed by atoms with E-state index in [1.807, 2.05) is 0 Å². The van der Waals surface area contributed by atoms with Gasteiger partial charge in [-0.25, -0.2) is 0 Å². The summed E-state index contributed by atoms with van der Waals surface area (Å²) in [6.45, 7) is 0. The molecule has 13 heavy (non-hydrogen) atoms. The van der Waals surface area contributed by atoms with Crippen molar-refractivity contribution in [3.8, 4) is 17.1 Å². The molecule has 0 aliphatic rings. The monoisotopic (exact) mass is 176 g/mol. The number of rotatable bonds is 1. The van der Waals surface area contributed by atoms with Gasteiger partial charge in [-0.15, -0.1) is 0 Å². The predicted molar refractivity (Wildman–Crippen MR) is 45.9 cm³/mol. The van der Waals surface area contributed by atoms with E-state index < -0.39 is 0 Å². The van der Waals surface area contributed by atoms with Gasteiger partial charge in [-0.1, -0.05) is 0 Å². The molecule has 2 heterocycles. The first-order valence-electron chi connectivity index (χ1n) is 3.78. The van der Waals surface area contributed by atoms with E-state index in [1.54, 1.807) is 31.6 Å². The summed E-state index contributed by atoms with van der Waals surface area (Å²) in [7, 11) is 1.71. The highest BCUT2D eigenvalue weighted by atomic mass is 16.3. The van der Waals surface area contributed by atoms with Crippen LogP contribution in [0.5, 0.6) is 5.75 Å². The van der Waals surface area contributed by atoms with E-state index in [4.69, 9.17) is 0 Å². The smallest absolute Gasteiger partial charge is 0.143 e. The van der Waals surface area contributed by atoms with Crippen LogP contribution in [-0.4, -0.2) is 25.1 Å². The molecular formula is C8H8N4O. The topological polar surface area (TPSA) is 63.8 Å². The Bertz CT molecular complexity index is 424. The Kier molecular flexibility index (Phi) is 1.70. The zero-order chi connectivity index (χ0) is 9.26. The van der Waals surface area contributed by atoms with Gasteiger partial charge in [0.1, 0.15) is 17.1 Å². The van der Waals surface area contributed by atoms with E-state index in [9.17, 15) is 5.11 Å². The van der Waals surface area contributed by atoms with Gasteiger partial charge in [-0.05, 0) is 12.1 Å². The SMILES string of the molecule is Cn1ncc(-c2ncccc2O)n1. The van der Waals surface area contributed by atoms with Gasteiger partial charge in [-0.2, -0.15) is 15.0 Å². The lowest BCUT2D eigenvalue weighted by molar-refractivity contribution is 0.474. The van der Waals surface area contributed by atoms with Crippen molar-refractivity contribution in [1.82, 2.24) is 20.0 Å². The second kappa shape index (κ2) is 2.85. The molecule has 0 aromatic carbocycles. The van der Waals surface area contributed by atoms with Crippen LogP contribution in [0.2, 0.25) is 0 Å². The fraction of sp³-hybridized carbons (Fsp3) is 0.125. The van der Waals surface area contributed by atoms with Crippen molar-refractivity contribution in [1.29, 1.82) is 0 Å². The summed E-state index contributed by atoms with van der Waals surface area (Å²) in [6.07, 6.45) is 3.16. The maximum atomic E-state index is 9.43. The predicted octanol–water partition coefficient (Wildman–Crippen LogP) is 0.583. The summed E-state index contributed by atoms with van der Waals surface area (Å²) in [5.41, 5.74) is 1.02. The number of hydrogen-bond donors (Lipinski definition) is 1. The van der Waals surface area contributed by atoms with Crippen LogP contribution in [-0.2, 0) is 7.05 Å². The Morgan fingerprint density at radius 3 is 2.92 bits per heavy atom. The lowest BCUT2D eigenvalue weighted by Crippen LogP contribution is -1.92. The molecule has 0 radical (unpaired) electrons. The van der Waals surface area contributed by atoms with Crippen molar-refractivity contribution in [3.63, 3.8) is 0 Å². The Labute approximate surface area is 74.7 Å². The van der Waals surface area contributed by atoms with Crippen LogP contribution < -0.4 is 0 Å². The summed E-state index contributed by atoms with van der Waals surface area (Å²) in [6, 6.07) is 3.23. The number of aromatic hydroxyl groups is 1. The highest BCUT2D eigenvalue weighted by Crippen LogP contribution is 2.22. The van der Waals surface area contributed by atoms with Crippen LogP contribution in [0.15, 0.2) is 24.5 Å². The lowest BCUT2D eigenvalue weighted by atomic mass is 10.3. The van der Waals surface area contributed by atoms with Crippen molar-refractivity contribution in [2.45, 2.75) is 0 Å². The van der Waals surface area contributed by atoms with Crippen LogP contribution in [0.1, 0.15) is 0 Å². The molecule has 0 bridgehead atoms. The molecule has 66 valence electrons. The molecule has 0 saturated heterocycles. The van der Waals surface area contributed by atoms with Crippen molar-refractivity contribution in [2.24, 2.45) is 7.05 Å². The second-order valence-corrected chi connectivity index (χ2v) is 2.59. The molecule has 0 spiro atoms. The molecule has 2 aromatic rings. The summed E-state index contributed by atoms with van der Waals surface area (Å²) < 4.78 is 0. The number of aromatic nitrogens is 4. The van der Waals surface area contributed by atoms with E-state index in [-0.39, 0.29) is 5.75 Å². The molecule has 0 atom stereocenters. The average Bonchev–Trinajstić information content (AvgIpc) is 2.53. The second-order valence-electron chi connectivity index (χ2n) is 2.59. The molecule has 0 aliphatic heterocycles. The zero-order valence-electron chi connectivity index (χ0n) is 7.05. The average molecular weight is 176 g/mol. The molecule has 0 saturated carbocycles. The Morgan fingerprint density at radius 2 is 2.31 bits per heavy atom. The minimum absolute atomic E-state index is 0.114. The first-order chi connectivity index (χ1) is 6.27. The summed E-state index contributed by atoms with van der Waals surface area (Å²) >= 11 is 0. The molecule has 0 amide bonds. The third kappa shape index (κ3) is 1.35. The van der Waals surface area contributed by atoms with Gasteiger partial charge < -0.3 is 5.11 Å². The first-order valence-corrected chi connectivity index (χ1v) is 3.78. The third-order valence-electron chi connectivity index (χ3n) is 1.63. The summed E-state index contributed by atoms with van der Waals surface area (Å²) in [5.74, 6) is 0.114. The highest BCUT2D eigenvalue weighted by Gasteiger charge is 2.07. The normalized spacial score (nSPS) is 10.2. The maximum absolute atomic E-state index is 9.43. The molecule has 2 rings (SSSR count). The van der Waals surface area contributed by atoms with Gasteiger partial charge in [0.25, 0.3) is 0 Å². The van der Waals surface area contributed by atoms with Crippen molar-refractivity contribution in [3.05, 3.63) is 24.5 Å². The van der Waals surface area contributed by atoms with Crippen LogP contribution >= 0.6 is 0 Å². The third-order valence-corrected chi connectivity index (χ3v) is 1.63. The molecule has 0 aliphatic carbocycles. The fourth-order valence-electron chi connectivity index (χ4n) is 1.05. The minimum atomic E-state index is 0.114. The van der Waals surface area contributed by atoms with Crippen molar-refractivity contribution in [2.75, 3.05) is 0 Å².